The first-order valence-electron chi connectivity index (χ1n) is 9.73. The van der Waals surface area contributed by atoms with E-state index in [0.29, 0.717) is 37.5 Å². The molecule has 1 aliphatic heterocycles. The van der Waals surface area contributed by atoms with Crippen molar-refractivity contribution in [2.45, 2.75) is 13.1 Å². The zero-order valence-electron chi connectivity index (χ0n) is 16.7. The van der Waals surface area contributed by atoms with E-state index in [4.69, 9.17) is 9.72 Å². The molecule has 8 nitrogen and oxygen atoms in total. The molecule has 1 aromatic carbocycles. The largest absolute Gasteiger partial charge is 0.379 e. The third-order valence-corrected chi connectivity index (χ3v) is 5.29. The highest BCUT2D eigenvalue weighted by Crippen LogP contribution is 2.15. The van der Waals surface area contributed by atoms with Gasteiger partial charge in [0.2, 0.25) is 0 Å². The minimum atomic E-state index is -0.370. The molecule has 0 amide bonds. The number of hydrogen-bond acceptors (Lipinski definition) is 5. The summed E-state index contributed by atoms with van der Waals surface area (Å²) in [5.41, 5.74) is 1.28. The summed E-state index contributed by atoms with van der Waals surface area (Å²) >= 11 is 0. The molecule has 2 aromatic heterocycles. The molecule has 3 heterocycles. The molecular formula is C21H25N5O3. The van der Waals surface area contributed by atoms with Crippen LogP contribution in [-0.4, -0.2) is 49.9 Å². The molecule has 1 aliphatic rings. The molecule has 4 rings (SSSR count). The summed E-state index contributed by atoms with van der Waals surface area (Å²) in [7, 11) is 3.16. The minimum absolute atomic E-state index is 0.322. The van der Waals surface area contributed by atoms with Gasteiger partial charge in [0.15, 0.2) is 11.2 Å². The van der Waals surface area contributed by atoms with Gasteiger partial charge in [-0.2, -0.15) is 0 Å². The Morgan fingerprint density at radius 3 is 2.52 bits per heavy atom. The van der Waals surface area contributed by atoms with Crippen LogP contribution in [0.2, 0.25) is 0 Å². The van der Waals surface area contributed by atoms with Crippen molar-refractivity contribution in [3.63, 3.8) is 0 Å². The van der Waals surface area contributed by atoms with Gasteiger partial charge in [0.05, 0.1) is 19.8 Å². The Hall–Kier alpha value is -2.97. The van der Waals surface area contributed by atoms with E-state index >= 15 is 0 Å². The van der Waals surface area contributed by atoms with Gasteiger partial charge in [0.1, 0.15) is 5.82 Å². The number of hydrogen-bond donors (Lipinski definition) is 0. The van der Waals surface area contributed by atoms with Gasteiger partial charge in [-0.05, 0) is 5.56 Å². The van der Waals surface area contributed by atoms with Crippen LogP contribution in [0.4, 0.5) is 0 Å². The van der Waals surface area contributed by atoms with Gasteiger partial charge in [0.25, 0.3) is 5.56 Å². The smallest absolute Gasteiger partial charge is 0.332 e. The van der Waals surface area contributed by atoms with Crippen molar-refractivity contribution in [3.05, 3.63) is 68.6 Å². The minimum Gasteiger partial charge on any atom is -0.379 e. The molecule has 0 unspecified atom stereocenters. The number of aromatic nitrogens is 4. The summed E-state index contributed by atoms with van der Waals surface area (Å²) in [4.78, 5) is 32.2. The zero-order valence-corrected chi connectivity index (χ0v) is 16.7. The normalized spacial score (nSPS) is 15.5. The molecule has 0 radical (unpaired) electrons. The standard InChI is InChI=1S/C21H25N5O3/c1-23-19-18(20(27)24(2)21(23)28)26(10-6-9-16-7-4-3-5-8-16)17(22-19)15-25-11-13-29-14-12-25/h3-9H,10-15H2,1-2H3/b9-6+. The lowest BCUT2D eigenvalue weighted by molar-refractivity contribution is 0.0327. The van der Waals surface area contributed by atoms with Crippen LogP contribution < -0.4 is 11.2 Å². The highest BCUT2D eigenvalue weighted by molar-refractivity contribution is 5.71. The maximum atomic E-state index is 12.9. The van der Waals surface area contributed by atoms with Crippen molar-refractivity contribution >= 4 is 17.2 Å². The molecule has 1 fully saturated rings. The lowest BCUT2D eigenvalue weighted by Crippen LogP contribution is -2.37. The van der Waals surface area contributed by atoms with Crippen molar-refractivity contribution in [1.82, 2.24) is 23.6 Å². The van der Waals surface area contributed by atoms with Gasteiger partial charge in [-0.25, -0.2) is 9.78 Å². The Kier molecular flexibility index (Phi) is 5.46. The van der Waals surface area contributed by atoms with Crippen LogP contribution in [0.3, 0.4) is 0 Å². The number of imidazole rings is 1. The Morgan fingerprint density at radius 1 is 1.07 bits per heavy atom. The van der Waals surface area contributed by atoms with Crippen LogP contribution in [0.15, 0.2) is 46.0 Å². The van der Waals surface area contributed by atoms with E-state index in [0.717, 1.165) is 29.0 Å². The van der Waals surface area contributed by atoms with Crippen molar-refractivity contribution in [3.8, 4) is 0 Å². The van der Waals surface area contributed by atoms with E-state index in [1.165, 1.54) is 11.6 Å². The van der Waals surface area contributed by atoms with Crippen LogP contribution in [-0.2, 0) is 31.9 Å². The Morgan fingerprint density at radius 2 is 1.79 bits per heavy atom. The lowest BCUT2D eigenvalue weighted by Gasteiger charge is -2.26. The van der Waals surface area contributed by atoms with E-state index in [1.807, 2.05) is 47.1 Å². The molecule has 29 heavy (non-hydrogen) atoms. The van der Waals surface area contributed by atoms with E-state index in [-0.39, 0.29) is 11.2 Å². The average Bonchev–Trinajstić information content (AvgIpc) is 3.10. The Bertz CT molecular complexity index is 1150. The third-order valence-electron chi connectivity index (χ3n) is 5.29. The Balaban J connectivity index is 1.77. The van der Waals surface area contributed by atoms with Gasteiger partial charge >= 0.3 is 5.69 Å². The molecule has 0 N–H and O–H groups in total. The van der Waals surface area contributed by atoms with Crippen LogP contribution in [0.5, 0.6) is 0 Å². The molecule has 0 aliphatic carbocycles. The topological polar surface area (TPSA) is 74.3 Å². The van der Waals surface area contributed by atoms with Gasteiger partial charge in [0, 0.05) is 33.7 Å². The average molecular weight is 395 g/mol. The quantitative estimate of drug-likeness (QED) is 0.644. The molecule has 0 atom stereocenters. The predicted molar refractivity (Wildman–Crippen MR) is 112 cm³/mol. The predicted octanol–water partition coefficient (Wildman–Crippen LogP) is 0.979. The van der Waals surface area contributed by atoms with Crippen LogP contribution in [0, 0.1) is 0 Å². The first-order valence-corrected chi connectivity index (χ1v) is 9.73. The summed E-state index contributed by atoms with van der Waals surface area (Å²) in [6.45, 7) is 4.12. The van der Waals surface area contributed by atoms with E-state index in [1.54, 1.807) is 7.05 Å². The maximum absolute atomic E-state index is 12.9. The molecule has 0 spiro atoms. The number of morpholine rings is 1. The molecular weight excluding hydrogens is 370 g/mol. The summed E-state index contributed by atoms with van der Waals surface area (Å²) < 4.78 is 9.93. The second-order valence-corrected chi connectivity index (χ2v) is 7.22. The van der Waals surface area contributed by atoms with Gasteiger partial charge in [-0.3, -0.25) is 18.8 Å². The molecule has 152 valence electrons. The van der Waals surface area contributed by atoms with Gasteiger partial charge in [-0.1, -0.05) is 42.5 Å². The monoisotopic (exact) mass is 395 g/mol. The second kappa shape index (κ2) is 8.18. The summed E-state index contributed by atoms with van der Waals surface area (Å²) in [6, 6.07) is 10.0. The number of ether oxygens (including phenoxy) is 1. The number of fused-ring (bicyclic) bond motifs is 1. The van der Waals surface area contributed by atoms with Crippen molar-refractivity contribution < 1.29 is 4.74 Å². The fourth-order valence-corrected chi connectivity index (χ4v) is 3.63. The van der Waals surface area contributed by atoms with E-state index < -0.39 is 0 Å². The molecule has 1 saturated heterocycles. The SMILES string of the molecule is Cn1c(=O)c2c(nc(CN3CCOCC3)n2C/C=C/c2ccccc2)n(C)c1=O. The Labute approximate surface area is 168 Å². The van der Waals surface area contributed by atoms with Crippen molar-refractivity contribution in [1.29, 1.82) is 0 Å². The molecule has 0 saturated carbocycles. The van der Waals surface area contributed by atoms with Crippen molar-refractivity contribution in [2.24, 2.45) is 14.1 Å². The number of benzene rings is 1. The molecule has 3 aromatic rings. The highest BCUT2D eigenvalue weighted by atomic mass is 16.5. The van der Waals surface area contributed by atoms with Gasteiger partial charge in [-0.15, -0.1) is 0 Å². The fourth-order valence-electron chi connectivity index (χ4n) is 3.63. The summed E-state index contributed by atoms with van der Waals surface area (Å²) in [5.74, 6) is 0.776. The highest BCUT2D eigenvalue weighted by Gasteiger charge is 2.21. The van der Waals surface area contributed by atoms with Crippen molar-refractivity contribution in [2.75, 3.05) is 26.3 Å². The van der Waals surface area contributed by atoms with Crippen LogP contribution in [0.1, 0.15) is 11.4 Å². The van der Waals surface area contributed by atoms with E-state index in [2.05, 4.69) is 4.90 Å². The summed E-state index contributed by atoms with van der Waals surface area (Å²) in [6.07, 6.45) is 4.04. The number of rotatable bonds is 5. The molecule has 8 heteroatoms. The van der Waals surface area contributed by atoms with Crippen LogP contribution >= 0.6 is 0 Å². The first-order chi connectivity index (χ1) is 14.1. The fraction of sp³-hybridized carbons (Fsp3) is 0.381. The second-order valence-electron chi connectivity index (χ2n) is 7.22. The summed E-state index contributed by atoms with van der Waals surface area (Å²) in [5, 5.41) is 0. The number of allylic oxidation sites excluding steroid dienone is 1. The number of nitrogens with zero attached hydrogens (tertiary/aromatic N) is 5. The maximum Gasteiger partial charge on any atom is 0.332 e. The third kappa shape index (κ3) is 3.81. The first kappa shape index (κ1) is 19.4. The number of aryl methyl sites for hydroxylation is 1. The molecule has 0 bridgehead atoms. The van der Waals surface area contributed by atoms with E-state index in [9.17, 15) is 9.59 Å². The van der Waals surface area contributed by atoms with Crippen LogP contribution in [0.25, 0.3) is 17.2 Å². The zero-order chi connectivity index (χ0) is 20.4. The van der Waals surface area contributed by atoms with Gasteiger partial charge < -0.3 is 9.30 Å². The lowest BCUT2D eigenvalue weighted by atomic mass is 10.2.